The summed E-state index contributed by atoms with van der Waals surface area (Å²) < 4.78 is 5.15. The van der Waals surface area contributed by atoms with Crippen LogP contribution in [0.15, 0.2) is 24.3 Å². The molecule has 0 unspecified atom stereocenters. The molecular weight excluding hydrogens is 178 g/mol. The van der Waals surface area contributed by atoms with Crippen LogP contribution in [0.4, 0.5) is 0 Å². The predicted molar refractivity (Wildman–Crippen MR) is 54.4 cm³/mol. The van der Waals surface area contributed by atoms with Gasteiger partial charge in [-0.1, -0.05) is 12.1 Å². The number of aliphatic hydroxyl groups is 1. The Labute approximate surface area is 83.7 Å². The van der Waals surface area contributed by atoms with E-state index in [0.29, 0.717) is 6.54 Å². The van der Waals surface area contributed by atoms with Gasteiger partial charge in [0.15, 0.2) is 0 Å². The monoisotopic (exact) mass is 193 g/mol. The fraction of sp³-hybridized carbons (Fsp3) is 0.455. The van der Waals surface area contributed by atoms with E-state index >= 15 is 0 Å². The second kappa shape index (κ2) is 3.98. The van der Waals surface area contributed by atoms with E-state index in [1.165, 1.54) is 5.56 Å². The van der Waals surface area contributed by atoms with E-state index in [1.807, 2.05) is 18.2 Å². The van der Waals surface area contributed by atoms with Gasteiger partial charge in [0.2, 0.25) is 0 Å². The number of nitrogens with one attached hydrogen (secondary N) is 1. The molecule has 0 aliphatic carbocycles. The molecule has 2 N–H and O–H groups in total. The van der Waals surface area contributed by atoms with Gasteiger partial charge in [0.25, 0.3) is 0 Å². The summed E-state index contributed by atoms with van der Waals surface area (Å²) in [6.45, 7) is 0.682. The Hall–Kier alpha value is -1.06. The van der Waals surface area contributed by atoms with Gasteiger partial charge in [0.1, 0.15) is 5.75 Å². The van der Waals surface area contributed by atoms with E-state index in [0.717, 1.165) is 12.2 Å². The summed E-state index contributed by atoms with van der Waals surface area (Å²) in [5.41, 5.74) is 1.18. The maximum Gasteiger partial charge on any atom is 0.119 e. The van der Waals surface area contributed by atoms with Crippen LogP contribution in [0, 0.1) is 0 Å². The van der Waals surface area contributed by atoms with Crippen LogP contribution in [-0.4, -0.2) is 24.9 Å². The molecule has 1 aliphatic rings. The van der Waals surface area contributed by atoms with Crippen molar-refractivity contribution in [3.63, 3.8) is 0 Å². The lowest BCUT2D eigenvalue weighted by Crippen LogP contribution is -2.14. The molecule has 1 aromatic rings. The third-order valence-corrected chi connectivity index (χ3v) is 2.60. The Kier molecular flexibility index (Phi) is 2.70. The van der Waals surface area contributed by atoms with Crippen LogP contribution < -0.4 is 10.1 Å². The Morgan fingerprint density at radius 2 is 2.36 bits per heavy atom. The topological polar surface area (TPSA) is 41.5 Å². The van der Waals surface area contributed by atoms with Gasteiger partial charge < -0.3 is 15.2 Å². The Balaban J connectivity index is 2.15. The van der Waals surface area contributed by atoms with E-state index in [2.05, 4.69) is 11.4 Å². The Morgan fingerprint density at radius 1 is 1.50 bits per heavy atom. The van der Waals surface area contributed by atoms with E-state index in [4.69, 9.17) is 4.74 Å². The number of ether oxygens (including phenoxy) is 1. The van der Waals surface area contributed by atoms with Gasteiger partial charge in [-0.2, -0.15) is 0 Å². The molecule has 0 amide bonds. The molecule has 0 aromatic heterocycles. The zero-order chi connectivity index (χ0) is 9.97. The van der Waals surface area contributed by atoms with Crippen LogP contribution >= 0.6 is 0 Å². The first-order chi connectivity index (χ1) is 6.79. The van der Waals surface area contributed by atoms with Gasteiger partial charge in [-0.15, -0.1) is 0 Å². The lowest BCUT2D eigenvalue weighted by molar-refractivity contribution is 0.193. The second-order valence-corrected chi connectivity index (χ2v) is 3.63. The molecule has 0 spiro atoms. The summed E-state index contributed by atoms with van der Waals surface area (Å²) in [6, 6.07) is 8.23. The largest absolute Gasteiger partial charge is 0.497 e. The highest BCUT2D eigenvalue weighted by atomic mass is 16.5. The van der Waals surface area contributed by atoms with Crippen LogP contribution in [0.2, 0.25) is 0 Å². The number of β-amino-alcohol motifs (C(OH)–C–C–N with tert-alkyl or cyclic N) is 1. The van der Waals surface area contributed by atoms with Crippen molar-refractivity contribution in [3.05, 3.63) is 29.8 Å². The molecule has 0 bridgehead atoms. The molecule has 14 heavy (non-hydrogen) atoms. The summed E-state index contributed by atoms with van der Waals surface area (Å²) in [6.07, 6.45) is 0.568. The molecule has 1 heterocycles. The SMILES string of the molecule is COc1cccc([C@H]2C[C@H](O)CN2)c1. The minimum atomic E-state index is -0.216. The highest BCUT2D eigenvalue weighted by Crippen LogP contribution is 2.25. The van der Waals surface area contributed by atoms with Crippen molar-refractivity contribution in [2.24, 2.45) is 0 Å². The van der Waals surface area contributed by atoms with Crippen molar-refractivity contribution in [3.8, 4) is 5.75 Å². The zero-order valence-electron chi connectivity index (χ0n) is 8.23. The van der Waals surface area contributed by atoms with Gasteiger partial charge in [0.05, 0.1) is 13.2 Å². The van der Waals surface area contributed by atoms with Gasteiger partial charge in [0, 0.05) is 12.6 Å². The van der Waals surface area contributed by atoms with Crippen LogP contribution in [0.1, 0.15) is 18.0 Å². The van der Waals surface area contributed by atoms with E-state index in [-0.39, 0.29) is 12.1 Å². The van der Waals surface area contributed by atoms with Gasteiger partial charge in [-0.3, -0.25) is 0 Å². The van der Waals surface area contributed by atoms with E-state index < -0.39 is 0 Å². The van der Waals surface area contributed by atoms with E-state index in [9.17, 15) is 5.11 Å². The minimum Gasteiger partial charge on any atom is -0.497 e. The number of aliphatic hydroxyl groups excluding tert-OH is 1. The molecule has 0 saturated carbocycles. The summed E-state index contributed by atoms with van der Waals surface area (Å²) in [5, 5.41) is 12.7. The fourth-order valence-corrected chi connectivity index (χ4v) is 1.83. The van der Waals surface area contributed by atoms with Crippen molar-refractivity contribution in [1.29, 1.82) is 0 Å². The second-order valence-electron chi connectivity index (χ2n) is 3.63. The molecule has 2 rings (SSSR count). The summed E-state index contributed by atoms with van der Waals surface area (Å²) in [5.74, 6) is 0.866. The fourth-order valence-electron chi connectivity index (χ4n) is 1.83. The summed E-state index contributed by atoms with van der Waals surface area (Å²) in [7, 11) is 1.66. The minimum absolute atomic E-state index is 0.216. The number of benzene rings is 1. The first kappa shape index (κ1) is 9.49. The highest BCUT2D eigenvalue weighted by molar-refractivity contribution is 5.31. The first-order valence-corrected chi connectivity index (χ1v) is 4.85. The van der Waals surface area contributed by atoms with Crippen LogP contribution in [0.5, 0.6) is 5.75 Å². The normalized spacial score (nSPS) is 26.4. The average molecular weight is 193 g/mol. The standard InChI is InChI=1S/C11H15NO2/c1-14-10-4-2-3-8(5-10)11-6-9(13)7-12-11/h2-5,9,11-13H,6-7H2,1H3/t9-,11+/m0/s1. The first-order valence-electron chi connectivity index (χ1n) is 4.85. The van der Waals surface area contributed by atoms with Crippen molar-refractivity contribution >= 4 is 0 Å². The highest BCUT2D eigenvalue weighted by Gasteiger charge is 2.23. The van der Waals surface area contributed by atoms with Crippen molar-refractivity contribution in [2.75, 3.05) is 13.7 Å². The lowest BCUT2D eigenvalue weighted by atomic mass is 10.0. The smallest absolute Gasteiger partial charge is 0.119 e. The maximum atomic E-state index is 9.39. The van der Waals surface area contributed by atoms with Gasteiger partial charge in [-0.05, 0) is 24.1 Å². The van der Waals surface area contributed by atoms with Crippen molar-refractivity contribution in [2.45, 2.75) is 18.6 Å². The Morgan fingerprint density at radius 3 is 3.00 bits per heavy atom. The number of hydrogen-bond donors (Lipinski definition) is 2. The average Bonchev–Trinajstić information content (AvgIpc) is 2.65. The van der Waals surface area contributed by atoms with Gasteiger partial charge >= 0.3 is 0 Å². The lowest BCUT2D eigenvalue weighted by Gasteiger charge is -2.11. The summed E-state index contributed by atoms with van der Waals surface area (Å²) in [4.78, 5) is 0. The van der Waals surface area contributed by atoms with Crippen LogP contribution in [0.3, 0.4) is 0 Å². The predicted octanol–water partition coefficient (Wildman–Crippen LogP) is 1.09. The molecule has 3 nitrogen and oxygen atoms in total. The number of rotatable bonds is 2. The number of methoxy groups -OCH3 is 1. The zero-order valence-corrected chi connectivity index (χ0v) is 8.23. The van der Waals surface area contributed by atoms with Crippen molar-refractivity contribution in [1.82, 2.24) is 5.32 Å². The Bertz CT molecular complexity index is 314. The third kappa shape index (κ3) is 1.89. The molecule has 1 fully saturated rings. The molecule has 0 radical (unpaired) electrons. The quantitative estimate of drug-likeness (QED) is 0.738. The molecule has 2 atom stereocenters. The molecule has 3 heteroatoms. The molecule has 1 aromatic carbocycles. The van der Waals surface area contributed by atoms with Crippen molar-refractivity contribution < 1.29 is 9.84 Å². The van der Waals surface area contributed by atoms with E-state index in [1.54, 1.807) is 7.11 Å². The van der Waals surface area contributed by atoms with Crippen LogP contribution in [-0.2, 0) is 0 Å². The van der Waals surface area contributed by atoms with Gasteiger partial charge in [-0.25, -0.2) is 0 Å². The maximum absolute atomic E-state index is 9.39. The molecule has 1 aliphatic heterocycles. The third-order valence-electron chi connectivity index (χ3n) is 2.60. The molecular formula is C11H15NO2. The number of hydrogen-bond acceptors (Lipinski definition) is 3. The summed E-state index contributed by atoms with van der Waals surface area (Å²) >= 11 is 0. The molecule has 1 saturated heterocycles. The molecule has 76 valence electrons. The van der Waals surface area contributed by atoms with Crippen LogP contribution in [0.25, 0.3) is 0 Å².